The van der Waals surface area contributed by atoms with Crippen LogP contribution in [0.4, 0.5) is 13.2 Å². The number of halogens is 3. The third-order valence-corrected chi connectivity index (χ3v) is 1.65. The van der Waals surface area contributed by atoms with E-state index >= 15 is 0 Å². The van der Waals surface area contributed by atoms with Crippen LogP contribution in [0.1, 0.15) is 12.8 Å². The molecule has 60 valence electrons. The molecule has 1 aliphatic carbocycles. The van der Waals surface area contributed by atoms with E-state index in [-0.39, 0.29) is 0 Å². The summed E-state index contributed by atoms with van der Waals surface area (Å²) in [5.74, 6) is -0.785. The van der Waals surface area contributed by atoms with E-state index in [0.717, 1.165) is 0 Å². The zero-order chi connectivity index (χ0) is 7.99. The maximum atomic E-state index is 11.7. The Bertz CT molecular complexity index is 138. The second-order valence-corrected chi connectivity index (χ2v) is 2.60. The van der Waals surface area contributed by atoms with Crippen LogP contribution in [0.25, 0.3) is 0 Å². The van der Waals surface area contributed by atoms with Crippen LogP contribution in [0.2, 0.25) is 0 Å². The summed E-state index contributed by atoms with van der Waals surface area (Å²) in [6.07, 6.45) is -3.95. The molecule has 0 aromatic heterocycles. The SMILES string of the molecule is NC(O)(C1CC1)C(F)(F)F. The van der Waals surface area contributed by atoms with Crippen molar-refractivity contribution in [1.82, 2.24) is 0 Å². The van der Waals surface area contributed by atoms with E-state index in [1.165, 1.54) is 0 Å². The highest BCUT2D eigenvalue weighted by molar-refractivity contribution is 4.95. The van der Waals surface area contributed by atoms with E-state index < -0.39 is 17.8 Å². The molecule has 1 fully saturated rings. The molecule has 0 heterocycles. The van der Waals surface area contributed by atoms with Gasteiger partial charge in [-0.05, 0) is 12.8 Å². The van der Waals surface area contributed by atoms with Crippen molar-refractivity contribution < 1.29 is 18.3 Å². The van der Waals surface area contributed by atoms with Crippen molar-refractivity contribution in [3.63, 3.8) is 0 Å². The van der Waals surface area contributed by atoms with Gasteiger partial charge in [0, 0.05) is 5.92 Å². The lowest BCUT2D eigenvalue weighted by Gasteiger charge is -2.25. The van der Waals surface area contributed by atoms with Gasteiger partial charge in [0.2, 0.25) is 5.72 Å². The summed E-state index contributed by atoms with van der Waals surface area (Å²) in [5.41, 5.74) is 1.68. The number of rotatable bonds is 1. The normalized spacial score (nSPS) is 26.1. The van der Waals surface area contributed by atoms with Gasteiger partial charge in [0.1, 0.15) is 0 Å². The molecule has 0 aromatic rings. The van der Waals surface area contributed by atoms with Crippen LogP contribution in [0.3, 0.4) is 0 Å². The fourth-order valence-electron chi connectivity index (χ4n) is 0.755. The number of alkyl halides is 3. The average molecular weight is 155 g/mol. The predicted octanol–water partition coefficient (Wildman–Crippen LogP) is 0.606. The third-order valence-electron chi connectivity index (χ3n) is 1.65. The van der Waals surface area contributed by atoms with Gasteiger partial charge in [-0.25, -0.2) is 0 Å². The zero-order valence-corrected chi connectivity index (χ0v) is 5.15. The molecule has 1 saturated carbocycles. The predicted molar refractivity (Wildman–Crippen MR) is 27.9 cm³/mol. The van der Waals surface area contributed by atoms with Gasteiger partial charge in [-0.2, -0.15) is 13.2 Å². The summed E-state index contributed by atoms with van der Waals surface area (Å²) < 4.78 is 35.2. The summed E-state index contributed by atoms with van der Waals surface area (Å²) in [5, 5.41) is 8.64. The first kappa shape index (κ1) is 7.81. The highest BCUT2D eigenvalue weighted by Gasteiger charge is 2.59. The Morgan fingerprint density at radius 1 is 1.30 bits per heavy atom. The molecule has 10 heavy (non-hydrogen) atoms. The van der Waals surface area contributed by atoms with Crippen LogP contribution >= 0.6 is 0 Å². The van der Waals surface area contributed by atoms with E-state index in [9.17, 15) is 13.2 Å². The van der Waals surface area contributed by atoms with E-state index in [1.807, 2.05) is 0 Å². The van der Waals surface area contributed by atoms with Crippen LogP contribution in [0, 0.1) is 5.92 Å². The minimum atomic E-state index is -4.69. The first-order chi connectivity index (χ1) is 4.36. The number of nitrogens with two attached hydrogens (primary N) is 1. The molecule has 1 aliphatic rings. The smallest absolute Gasteiger partial charge is 0.368 e. The van der Waals surface area contributed by atoms with Crippen LogP contribution in [0.15, 0.2) is 0 Å². The lowest BCUT2D eigenvalue weighted by atomic mass is 10.1. The van der Waals surface area contributed by atoms with Gasteiger partial charge < -0.3 is 5.11 Å². The van der Waals surface area contributed by atoms with Gasteiger partial charge in [-0.3, -0.25) is 5.73 Å². The number of hydrogen-bond acceptors (Lipinski definition) is 2. The Kier molecular flexibility index (Phi) is 1.45. The first-order valence-corrected chi connectivity index (χ1v) is 2.93. The van der Waals surface area contributed by atoms with Crippen molar-refractivity contribution >= 4 is 0 Å². The van der Waals surface area contributed by atoms with Gasteiger partial charge in [0.15, 0.2) is 0 Å². The fourth-order valence-corrected chi connectivity index (χ4v) is 0.755. The fraction of sp³-hybridized carbons (Fsp3) is 1.00. The van der Waals surface area contributed by atoms with Crippen molar-refractivity contribution in [2.75, 3.05) is 0 Å². The largest absolute Gasteiger partial charge is 0.431 e. The van der Waals surface area contributed by atoms with Gasteiger partial charge in [0.25, 0.3) is 0 Å². The Morgan fingerprint density at radius 3 is 1.80 bits per heavy atom. The molecule has 1 atom stereocenters. The lowest BCUT2D eigenvalue weighted by Crippen LogP contribution is -2.55. The van der Waals surface area contributed by atoms with Gasteiger partial charge in [-0.15, -0.1) is 0 Å². The van der Waals surface area contributed by atoms with Gasteiger partial charge in [0.05, 0.1) is 0 Å². The van der Waals surface area contributed by atoms with Gasteiger partial charge >= 0.3 is 6.18 Å². The van der Waals surface area contributed by atoms with E-state index in [1.54, 1.807) is 0 Å². The summed E-state index contributed by atoms with van der Waals surface area (Å²) in [6.45, 7) is 0. The van der Waals surface area contributed by atoms with E-state index in [0.29, 0.717) is 12.8 Å². The second-order valence-electron chi connectivity index (χ2n) is 2.60. The van der Waals surface area contributed by atoms with Crippen LogP contribution in [0.5, 0.6) is 0 Å². The molecule has 1 rings (SSSR count). The van der Waals surface area contributed by atoms with Crippen LogP contribution in [-0.2, 0) is 0 Å². The zero-order valence-electron chi connectivity index (χ0n) is 5.15. The molecule has 2 nitrogen and oxygen atoms in total. The molecule has 0 spiro atoms. The van der Waals surface area contributed by atoms with Crippen LogP contribution < -0.4 is 5.73 Å². The Balaban J connectivity index is 2.66. The maximum Gasteiger partial charge on any atom is 0.431 e. The van der Waals surface area contributed by atoms with Crippen molar-refractivity contribution in [2.45, 2.75) is 24.7 Å². The monoisotopic (exact) mass is 155 g/mol. The Hall–Kier alpha value is -0.290. The second kappa shape index (κ2) is 1.85. The quantitative estimate of drug-likeness (QED) is 0.545. The molecular formula is C5H8F3NO. The van der Waals surface area contributed by atoms with Crippen molar-refractivity contribution in [3.05, 3.63) is 0 Å². The number of aliphatic hydroxyl groups is 1. The maximum absolute atomic E-state index is 11.7. The average Bonchev–Trinajstić information content (AvgIpc) is 2.38. The molecule has 5 heteroatoms. The Morgan fingerprint density at radius 2 is 1.70 bits per heavy atom. The molecule has 1 unspecified atom stereocenters. The van der Waals surface area contributed by atoms with E-state index in [2.05, 4.69) is 5.73 Å². The highest BCUT2D eigenvalue weighted by Crippen LogP contribution is 2.44. The standard InChI is InChI=1S/C5H8F3NO/c6-5(7,8)4(9,10)3-1-2-3/h3,10H,1-2,9H2. The minimum Gasteiger partial charge on any atom is -0.368 e. The summed E-state index contributed by atoms with van der Waals surface area (Å²) in [7, 11) is 0. The summed E-state index contributed by atoms with van der Waals surface area (Å²) in [6, 6.07) is 0. The molecule has 0 aliphatic heterocycles. The molecule has 0 amide bonds. The molecule has 3 N–H and O–H groups in total. The Labute approximate surface area is 55.8 Å². The number of hydrogen-bond donors (Lipinski definition) is 2. The lowest BCUT2D eigenvalue weighted by molar-refractivity contribution is -0.266. The topological polar surface area (TPSA) is 46.2 Å². The van der Waals surface area contributed by atoms with E-state index in [4.69, 9.17) is 5.11 Å². The van der Waals surface area contributed by atoms with Crippen molar-refractivity contribution in [3.8, 4) is 0 Å². The first-order valence-electron chi connectivity index (χ1n) is 2.93. The van der Waals surface area contributed by atoms with Gasteiger partial charge in [-0.1, -0.05) is 0 Å². The summed E-state index contributed by atoms with van der Waals surface area (Å²) in [4.78, 5) is 0. The summed E-state index contributed by atoms with van der Waals surface area (Å²) >= 11 is 0. The van der Waals surface area contributed by atoms with Crippen molar-refractivity contribution in [2.24, 2.45) is 11.7 Å². The minimum absolute atomic E-state index is 0.368. The molecule has 0 radical (unpaired) electrons. The van der Waals surface area contributed by atoms with Crippen molar-refractivity contribution in [1.29, 1.82) is 0 Å². The highest BCUT2D eigenvalue weighted by atomic mass is 19.4. The molecule has 0 bridgehead atoms. The molecule has 0 saturated heterocycles. The third kappa shape index (κ3) is 1.11. The van der Waals surface area contributed by atoms with Crippen LogP contribution in [-0.4, -0.2) is 17.0 Å². The molecular weight excluding hydrogens is 147 g/mol. The molecule has 0 aromatic carbocycles.